The van der Waals surface area contributed by atoms with Gasteiger partial charge in [0.05, 0.1) is 15.9 Å². The fourth-order valence-corrected chi connectivity index (χ4v) is 3.41. The first-order valence-electron chi connectivity index (χ1n) is 6.98. The van der Waals surface area contributed by atoms with Gasteiger partial charge in [-0.2, -0.15) is 5.10 Å². The second kappa shape index (κ2) is 5.33. The first kappa shape index (κ1) is 14.1. The van der Waals surface area contributed by atoms with Crippen molar-refractivity contribution in [3.63, 3.8) is 0 Å². The summed E-state index contributed by atoms with van der Waals surface area (Å²) in [6, 6.07) is 0. The van der Waals surface area contributed by atoms with Crippen molar-refractivity contribution in [2.75, 3.05) is 13.1 Å². The van der Waals surface area contributed by atoms with E-state index in [-0.39, 0.29) is 0 Å². The molecule has 0 unspecified atom stereocenters. The summed E-state index contributed by atoms with van der Waals surface area (Å²) in [5.41, 5.74) is 2.99. The Bertz CT molecular complexity index is 419. The van der Waals surface area contributed by atoms with Crippen LogP contribution in [0.15, 0.2) is 4.47 Å². The Balaban J connectivity index is 2.30. The van der Waals surface area contributed by atoms with E-state index in [1.165, 1.54) is 15.9 Å². The van der Waals surface area contributed by atoms with Crippen molar-refractivity contribution in [3.05, 3.63) is 15.9 Å². The molecule has 1 aliphatic rings. The van der Waals surface area contributed by atoms with Gasteiger partial charge in [0.1, 0.15) is 0 Å². The minimum Gasteiger partial charge on any atom is -0.315 e. The summed E-state index contributed by atoms with van der Waals surface area (Å²) in [4.78, 5) is 0. The van der Waals surface area contributed by atoms with Crippen LogP contribution in [0.3, 0.4) is 0 Å². The molecule has 3 nitrogen and oxygen atoms in total. The average molecular weight is 314 g/mol. The zero-order valence-electron chi connectivity index (χ0n) is 11.9. The van der Waals surface area contributed by atoms with Gasteiger partial charge in [-0.15, -0.1) is 0 Å². The number of nitrogens with one attached hydrogen (secondary N) is 1. The first-order valence-corrected chi connectivity index (χ1v) is 7.78. The van der Waals surface area contributed by atoms with Crippen molar-refractivity contribution in [3.8, 4) is 0 Å². The number of nitrogens with zero attached hydrogens (tertiary/aromatic N) is 2. The Labute approximate surface area is 118 Å². The molecule has 0 aromatic carbocycles. The number of rotatable bonds is 5. The monoisotopic (exact) mass is 313 g/mol. The lowest BCUT2D eigenvalue weighted by Gasteiger charge is -2.46. The van der Waals surface area contributed by atoms with Crippen LogP contribution in [0.2, 0.25) is 0 Å². The summed E-state index contributed by atoms with van der Waals surface area (Å²) >= 11 is 3.75. The number of aromatic nitrogens is 2. The standard InChI is InChI=1S/C14H24BrN3/c1-5-11-13(15)12(18(6-2)17-11)7-14(10(3)4)8-16-9-14/h10,16H,5-9H2,1-4H3. The summed E-state index contributed by atoms with van der Waals surface area (Å²) in [7, 11) is 0. The highest BCUT2D eigenvalue weighted by Crippen LogP contribution is 2.38. The number of hydrogen-bond donors (Lipinski definition) is 1. The molecule has 0 amide bonds. The van der Waals surface area contributed by atoms with Gasteiger partial charge in [0.25, 0.3) is 0 Å². The van der Waals surface area contributed by atoms with Crippen LogP contribution in [-0.4, -0.2) is 22.9 Å². The molecular weight excluding hydrogens is 290 g/mol. The van der Waals surface area contributed by atoms with Crippen LogP contribution < -0.4 is 5.32 Å². The highest BCUT2D eigenvalue weighted by Gasteiger charge is 2.41. The highest BCUT2D eigenvalue weighted by molar-refractivity contribution is 9.10. The zero-order valence-corrected chi connectivity index (χ0v) is 13.5. The molecule has 1 aliphatic heterocycles. The molecule has 2 heterocycles. The van der Waals surface area contributed by atoms with E-state index in [0.717, 1.165) is 32.5 Å². The Kier molecular flexibility index (Phi) is 4.17. The molecule has 4 heteroatoms. The van der Waals surface area contributed by atoms with Gasteiger partial charge >= 0.3 is 0 Å². The van der Waals surface area contributed by atoms with E-state index in [1.807, 2.05) is 0 Å². The van der Waals surface area contributed by atoms with Gasteiger partial charge in [0.2, 0.25) is 0 Å². The van der Waals surface area contributed by atoms with Crippen molar-refractivity contribution in [2.45, 2.75) is 47.1 Å². The van der Waals surface area contributed by atoms with E-state index in [1.54, 1.807) is 0 Å². The molecule has 1 fully saturated rings. The van der Waals surface area contributed by atoms with Crippen molar-refractivity contribution >= 4 is 15.9 Å². The molecule has 18 heavy (non-hydrogen) atoms. The smallest absolute Gasteiger partial charge is 0.0766 e. The van der Waals surface area contributed by atoms with Crippen LogP contribution in [0.1, 0.15) is 39.1 Å². The molecule has 0 spiro atoms. The topological polar surface area (TPSA) is 29.9 Å². The number of hydrogen-bond acceptors (Lipinski definition) is 2. The van der Waals surface area contributed by atoms with Crippen molar-refractivity contribution in [1.29, 1.82) is 0 Å². The molecular formula is C14H24BrN3. The Morgan fingerprint density at radius 1 is 1.39 bits per heavy atom. The summed E-state index contributed by atoms with van der Waals surface area (Å²) in [5, 5.41) is 8.13. The minimum atomic E-state index is 0.417. The maximum atomic E-state index is 4.70. The lowest BCUT2D eigenvalue weighted by Crippen LogP contribution is -2.57. The quantitative estimate of drug-likeness (QED) is 0.905. The van der Waals surface area contributed by atoms with E-state index in [9.17, 15) is 0 Å². The molecule has 1 saturated heterocycles. The van der Waals surface area contributed by atoms with Crippen molar-refractivity contribution in [2.24, 2.45) is 11.3 Å². The van der Waals surface area contributed by atoms with E-state index in [2.05, 4.69) is 53.6 Å². The third-order valence-electron chi connectivity index (χ3n) is 4.39. The Hall–Kier alpha value is -0.350. The highest BCUT2D eigenvalue weighted by atomic mass is 79.9. The zero-order chi connectivity index (χ0) is 13.3. The molecule has 0 saturated carbocycles. The maximum absolute atomic E-state index is 4.70. The summed E-state index contributed by atoms with van der Waals surface area (Å²) in [5.74, 6) is 0.705. The summed E-state index contributed by atoms with van der Waals surface area (Å²) < 4.78 is 3.41. The Morgan fingerprint density at radius 3 is 2.44 bits per heavy atom. The van der Waals surface area contributed by atoms with Gasteiger partial charge in [-0.05, 0) is 41.6 Å². The van der Waals surface area contributed by atoms with Gasteiger partial charge in [0, 0.05) is 25.0 Å². The van der Waals surface area contributed by atoms with Gasteiger partial charge in [-0.3, -0.25) is 4.68 Å². The van der Waals surface area contributed by atoms with Crippen LogP contribution in [0, 0.1) is 11.3 Å². The minimum absolute atomic E-state index is 0.417. The third kappa shape index (κ3) is 2.25. The van der Waals surface area contributed by atoms with Crippen molar-refractivity contribution < 1.29 is 0 Å². The molecule has 0 bridgehead atoms. The predicted octanol–water partition coefficient (Wildman–Crippen LogP) is 3.02. The number of aryl methyl sites for hydroxylation is 2. The van der Waals surface area contributed by atoms with Gasteiger partial charge in [-0.1, -0.05) is 20.8 Å². The molecule has 1 N–H and O–H groups in total. The van der Waals surface area contributed by atoms with Crippen molar-refractivity contribution in [1.82, 2.24) is 15.1 Å². The number of halogens is 1. The van der Waals surface area contributed by atoms with E-state index in [4.69, 9.17) is 5.10 Å². The summed E-state index contributed by atoms with van der Waals surface area (Å²) in [6.45, 7) is 12.2. The van der Waals surface area contributed by atoms with E-state index in [0.29, 0.717) is 11.3 Å². The predicted molar refractivity (Wildman–Crippen MR) is 78.8 cm³/mol. The second-order valence-electron chi connectivity index (χ2n) is 5.67. The largest absolute Gasteiger partial charge is 0.315 e. The van der Waals surface area contributed by atoms with Crippen LogP contribution >= 0.6 is 15.9 Å². The molecule has 102 valence electrons. The van der Waals surface area contributed by atoms with Gasteiger partial charge < -0.3 is 5.32 Å². The Morgan fingerprint density at radius 2 is 2.06 bits per heavy atom. The van der Waals surface area contributed by atoms with Crippen LogP contribution in [-0.2, 0) is 19.4 Å². The maximum Gasteiger partial charge on any atom is 0.0766 e. The van der Waals surface area contributed by atoms with E-state index < -0.39 is 0 Å². The van der Waals surface area contributed by atoms with Gasteiger partial charge in [0.15, 0.2) is 0 Å². The SMILES string of the molecule is CCc1nn(CC)c(CC2(C(C)C)CNC2)c1Br. The van der Waals surface area contributed by atoms with Crippen LogP contribution in [0.5, 0.6) is 0 Å². The lowest BCUT2D eigenvalue weighted by atomic mass is 9.69. The summed E-state index contributed by atoms with van der Waals surface area (Å²) in [6.07, 6.45) is 2.12. The van der Waals surface area contributed by atoms with Gasteiger partial charge in [-0.25, -0.2) is 0 Å². The fraction of sp³-hybridized carbons (Fsp3) is 0.786. The molecule has 0 atom stereocenters. The van der Waals surface area contributed by atoms with Crippen LogP contribution in [0.25, 0.3) is 0 Å². The molecule has 1 aromatic rings. The molecule has 0 radical (unpaired) electrons. The third-order valence-corrected chi connectivity index (χ3v) is 5.31. The van der Waals surface area contributed by atoms with E-state index >= 15 is 0 Å². The molecule has 1 aromatic heterocycles. The fourth-order valence-electron chi connectivity index (χ4n) is 2.70. The lowest BCUT2D eigenvalue weighted by molar-refractivity contribution is 0.0963. The average Bonchev–Trinajstić information content (AvgIpc) is 2.59. The molecule has 0 aliphatic carbocycles. The second-order valence-corrected chi connectivity index (χ2v) is 6.47. The normalized spacial score (nSPS) is 18.1. The van der Waals surface area contributed by atoms with Crippen LogP contribution in [0.4, 0.5) is 0 Å². The molecule has 2 rings (SSSR count). The first-order chi connectivity index (χ1) is 8.54.